The summed E-state index contributed by atoms with van der Waals surface area (Å²) in [5.41, 5.74) is 0. The Morgan fingerprint density at radius 1 is 1.60 bits per heavy atom. The molecule has 1 heterocycles. The maximum Gasteiger partial charge on any atom is 0.323 e. The second-order valence-electron chi connectivity index (χ2n) is 1.59. The molecule has 56 valence electrons. The smallest absolute Gasteiger partial charge is 0.323 e. The first-order chi connectivity index (χ1) is 4.45. The van der Waals surface area contributed by atoms with Crippen LogP contribution >= 0.6 is 24.0 Å². The lowest BCUT2D eigenvalue weighted by atomic mass is 10.6. The minimum atomic E-state index is -2.59. The fourth-order valence-corrected chi connectivity index (χ4v) is 1.45. The van der Waals surface area contributed by atoms with Gasteiger partial charge in [-0.3, -0.25) is 10.0 Å². The summed E-state index contributed by atoms with van der Waals surface area (Å²) in [7, 11) is 0. The molecule has 0 unspecified atom stereocenters. The normalized spacial score (nSPS) is 24.1. The van der Waals surface area contributed by atoms with Crippen molar-refractivity contribution in [3.05, 3.63) is 0 Å². The number of hydrogen-bond acceptors (Lipinski definition) is 6. The highest BCUT2D eigenvalue weighted by atomic mass is 32.2. The predicted molar refractivity (Wildman–Crippen MR) is 36.0 cm³/mol. The molecule has 7 heteroatoms. The van der Waals surface area contributed by atoms with Crippen LogP contribution in [-0.4, -0.2) is 35.8 Å². The number of hydroxylamine groups is 2. The Balaban J connectivity index is 2.92. The molecule has 1 aliphatic rings. The molecular formula is C3H3NO4S2. The van der Waals surface area contributed by atoms with E-state index in [9.17, 15) is 4.79 Å². The second kappa shape index (κ2) is 2.14. The predicted octanol–water partition coefficient (Wildman–Crippen LogP) is -1.13. The zero-order valence-electron chi connectivity index (χ0n) is 4.51. The van der Waals surface area contributed by atoms with Gasteiger partial charge in [0.2, 0.25) is 0 Å². The Labute approximate surface area is 65.2 Å². The summed E-state index contributed by atoms with van der Waals surface area (Å²) in [6.45, 7) is 0. The van der Waals surface area contributed by atoms with Gasteiger partial charge in [-0.1, -0.05) is 0 Å². The summed E-state index contributed by atoms with van der Waals surface area (Å²) in [6, 6.07) is 0. The summed E-state index contributed by atoms with van der Waals surface area (Å²) in [5, 5.41) is 23.4. The summed E-state index contributed by atoms with van der Waals surface area (Å²) in [5.74, 6) is -1.23. The zero-order valence-corrected chi connectivity index (χ0v) is 6.15. The third-order valence-corrected chi connectivity index (χ3v) is 2.10. The van der Waals surface area contributed by atoms with Crippen LogP contribution < -0.4 is 0 Å². The van der Waals surface area contributed by atoms with E-state index in [1.165, 1.54) is 0 Å². The highest BCUT2D eigenvalue weighted by molar-refractivity contribution is 8.24. The number of thioether (sulfide) groups is 1. The van der Waals surface area contributed by atoms with Crippen molar-refractivity contribution in [1.29, 1.82) is 0 Å². The van der Waals surface area contributed by atoms with Crippen molar-refractivity contribution in [2.45, 2.75) is 5.12 Å². The monoisotopic (exact) mass is 181 g/mol. The third-order valence-electron chi connectivity index (χ3n) is 0.874. The van der Waals surface area contributed by atoms with Crippen LogP contribution in [-0.2, 0) is 4.79 Å². The quantitative estimate of drug-likeness (QED) is 0.249. The van der Waals surface area contributed by atoms with Gasteiger partial charge in [-0.2, -0.15) is 5.06 Å². The summed E-state index contributed by atoms with van der Waals surface area (Å²) >= 11 is 4.67. The van der Waals surface area contributed by atoms with Gasteiger partial charge in [-0.15, -0.1) is 0 Å². The van der Waals surface area contributed by atoms with E-state index in [0.29, 0.717) is 11.8 Å². The van der Waals surface area contributed by atoms with Crippen molar-refractivity contribution in [2.24, 2.45) is 0 Å². The minimum Gasteiger partial charge on any atom is -0.349 e. The van der Waals surface area contributed by atoms with E-state index < -0.39 is 11.0 Å². The zero-order chi connectivity index (χ0) is 7.94. The first-order valence-corrected chi connectivity index (χ1v) is 3.39. The maximum absolute atomic E-state index is 10.5. The van der Waals surface area contributed by atoms with Gasteiger partial charge in [-0.25, -0.2) is 0 Å². The third kappa shape index (κ3) is 1.02. The number of aliphatic hydroxyl groups is 2. The van der Waals surface area contributed by atoms with Gasteiger partial charge in [0, 0.05) is 0 Å². The topological polar surface area (TPSA) is 81.0 Å². The fraction of sp³-hybridized carbons (Fsp3) is 0.333. The van der Waals surface area contributed by atoms with Crippen LogP contribution in [0.15, 0.2) is 0 Å². The van der Waals surface area contributed by atoms with Crippen LogP contribution in [0, 0.1) is 0 Å². The number of carbonyl (C=O) groups excluding carboxylic acids is 1. The number of nitrogens with zero attached hydrogens (tertiary/aromatic N) is 1. The van der Waals surface area contributed by atoms with Crippen LogP contribution in [0.25, 0.3) is 0 Å². The lowest BCUT2D eigenvalue weighted by molar-refractivity contribution is -0.180. The van der Waals surface area contributed by atoms with E-state index in [1.807, 2.05) is 0 Å². The highest BCUT2D eigenvalue weighted by Gasteiger charge is 2.48. The van der Waals surface area contributed by atoms with Crippen molar-refractivity contribution in [3.8, 4) is 0 Å². The maximum atomic E-state index is 10.5. The molecule has 1 aliphatic heterocycles. The highest BCUT2D eigenvalue weighted by Crippen LogP contribution is 2.31. The van der Waals surface area contributed by atoms with Crippen LogP contribution in [0.2, 0.25) is 0 Å². The average Bonchev–Trinajstić information content (AvgIpc) is 1.95. The number of amides is 1. The van der Waals surface area contributed by atoms with E-state index in [4.69, 9.17) is 15.4 Å². The van der Waals surface area contributed by atoms with Gasteiger partial charge in [0.15, 0.2) is 4.32 Å². The van der Waals surface area contributed by atoms with Crippen LogP contribution in [0.1, 0.15) is 0 Å². The Morgan fingerprint density at radius 2 is 2.10 bits per heavy atom. The van der Waals surface area contributed by atoms with Crippen LogP contribution in [0.5, 0.6) is 0 Å². The van der Waals surface area contributed by atoms with E-state index in [0.717, 1.165) is 0 Å². The Bertz CT molecular complexity index is 203. The molecule has 0 aliphatic carbocycles. The van der Waals surface area contributed by atoms with Gasteiger partial charge >= 0.3 is 11.0 Å². The van der Waals surface area contributed by atoms with Crippen LogP contribution in [0.3, 0.4) is 0 Å². The molecule has 10 heavy (non-hydrogen) atoms. The molecule has 0 aromatic rings. The molecule has 0 aromatic carbocycles. The Hall–Kier alpha value is -0.210. The molecule has 5 nitrogen and oxygen atoms in total. The largest absolute Gasteiger partial charge is 0.349 e. The van der Waals surface area contributed by atoms with E-state index in [-0.39, 0.29) is 9.38 Å². The van der Waals surface area contributed by atoms with Gasteiger partial charge in [0.1, 0.15) is 0 Å². The molecule has 0 atom stereocenters. The van der Waals surface area contributed by atoms with Crippen molar-refractivity contribution in [3.63, 3.8) is 0 Å². The number of rotatable bonds is 0. The van der Waals surface area contributed by atoms with Crippen molar-refractivity contribution >= 4 is 34.2 Å². The van der Waals surface area contributed by atoms with Crippen molar-refractivity contribution in [2.75, 3.05) is 0 Å². The first-order valence-electron chi connectivity index (χ1n) is 2.16. The molecule has 0 spiro atoms. The average molecular weight is 181 g/mol. The molecule has 1 saturated heterocycles. The number of thiocarbonyl (C=S) groups is 1. The molecule has 0 aromatic heterocycles. The van der Waals surface area contributed by atoms with Gasteiger partial charge < -0.3 is 10.2 Å². The number of carbonyl (C=O) groups is 1. The van der Waals surface area contributed by atoms with Gasteiger partial charge in [0.25, 0.3) is 0 Å². The molecule has 1 rings (SSSR count). The van der Waals surface area contributed by atoms with E-state index >= 15 is 0 Å². The second-order valence-corrected chi connectivity index (χ2v) is 3.40. The minimum absolute atomic E-state index is 0.0278. The Morgan fingerprint density at radius 3 is 2.20 bits per heavy atom. The molecule has 1 fully saturated rings. The molecule has 3 N–H and O–H groups in total. The standard InChI is InChI=1S/C3H3NO4S2/c5-1-3(6,7)10-2(9)4(1)8/h6-8H. The van der Waals surface area contributed by atoms with Gasteiger partial charge in [0.05, 0.1) is 0 Å². The lowest BCUT2D eigenvalue weighted by Crippen LogP contribution is -2.37. The summed E-state index contributed by atoms with van der Waals surface area (Å²) in [4.78, 5) is 10.5. The molecule has 1 amide bonds. The SMILES string of the molecule is O=C1N(O)C(=S)SC1(O)O. The van der Waals surface area contributed by atoms with E-state index in [1.54, 1.807) is 0 Å². The summed E-state index contributed by atoms with van der Waals surface area (Å²) in [6.07, 6.45) is 0. The summed E-state index contributed by atoms with van der Waals surface area (Å²) < 4.78 is -0.269. The van der Waals surface area contributed by atoms with Crippen molar-refractivity contribution in [1.82, 2.24) is 5.06 Å². The first kappa shape index (κ1) is 7.89. The fourth-order valence-electron chi connectivity index (χ4n) is 0.430. The molecular weight excluding hydrogens is 178 g/mol. The molecule has 0 bridgehead atoms. The van der Waals surface area contributed by atoms with Crippen LogP contribution in [0.4, 0.5) is 0 Å². The van der Waals surface area contributed by atoms with Gasteiger partial charge in [-0.05, 0) is 24.0 Å². The van der Waals surface area contributed by atoms with Crippen molar-refractivity contribution < 1.29 is 20.2 Å². The Kier molecular flexibility index (Phi) is 1.69. The molecule has 0 radical (unpaired) electrons. The lowest BCUT2D eigenvalue weighted by Gasteiger charge is -2.07. The molecule has 0 saturated carbocycles. The van der Waals surface area contributed by atoms with E-state index in [2.05, 4.69) is 12.2 Å². The number of hydrogen-bond donors (Lipinski definition) is 3.